The minimum atomic E-state index is -4.60. The molecule has 3 unspecified atom stereocenters. The van der Waals surface area contributed by atoms with Gasteiger partial charge in [0.05, 0.1) is 39.9 Å². The van der Waals surface area contributed by atoms with E-state index in [4.69, 9.17) is 9.05 Å². The number of rotatable bonds is 53. The van der Waals surface area contributed by atoms with Crippen LogP contribution >= 0.6 is 7.82 Å². The van der Waals surface area contributed by atoms with E-state index < -0.39 is 20.0 Å². The quantitative estimate of drug-likeness (QED) is 0.0272. The van der Waals surface area contributed by atoms with Gasteiger partial charge in [-0.2, -0.15) is 0 Å². The Morgan fingerprint density at radius 2 is 0.848 bits per heavy atom. The lowest BCUT2D eigenvalue weighted by Crippen LogP contribution is -2.45. The van der Waals surface area contributed by atoms with E-state index in [0.717, 1.165) is 38.5 Å². The third-order valence-electron chi connectivity index (χ3n) is 13.2. The molecular formula is C57H113N2O6P. The highest BCUT2D eigenvalue weighted by Gasteiger charge is 2.23. The highest BCUT2D eigenvalue weighted by atomic mass is 31.2. The van der Waals surface area contributed by atoms with Crippen molar-refractivity contribution in [1.82, 2.24) is 5.32 Å². The van der Waals surface area contributed by atoms with E-state index in [0.29, 0.717) is 17.4 Å². The molecule has 0 radical (unpaired) electrons. The molecule has 0 aromatic carbocycles. The maximum Gasteiger partial charge on any atom is 0.268 e. The van der Waals surface area contributed by atoms with Gasteiger partial charge in [-0.1, -0.05) is 269 Å². The summed E-state index contributed by atoms with van der Waals surface area (Å²) < 4.78 is 23.3. The lowest BCUT2D eigenvalue weighted by Gasteiger charge is -2.29. The summed E-state index contributed by atoms with van der Waals surface area (Å²) in [4.78, 5) is 25.5. The zero-order valence-electron chi connectivity index (χ0n) is 44.7. The number of carbonyl (C=O) groups is 1. The summed E-state index contributed by atoms with van der Waals surface area (Å²) in [5, 5.41) is 13.9. The summed E-state index contributed by atoms with van der Waals surface area (Å²) in [7, 11) is 1.26. The van der Waals surface area contributed by atoms with E-state index in [2.05, 4.69) is 31.3 Å². The summed E-state index contributed by atoms with van der Waals surface area (Å²) >= 11 is 0. The number of carbonyl (C=O) groups excluding carboxylic acids is 1. The highest BCUT2D eigenvalue weighted by molar-refractivity contribution is 7.45. The molecule has 8 nitrogen and oxygen atoms in total. The molecule has 0 saturated heterocycles. The van der Waals surface area contributed by atoms with E-state index in [1.165, 1.54) is 225 Å². The molecular weight excluding hydrogens is 840 g/mol. The molecule has 0 aliphatic heterocycles. The van der Waals surface area contributed by atoms with Gasteiger partial charge in [-0.15, -0.1) is 0 Å². The van der Waals surface area contributed by atoms with Gasteiger partial charge < -0.3 is 28.8 Å². The summed E-state index contributed by atoms with van der Waals surface area (Å²) in [6, 6.07) is -0.900. The molecule has 66 heavy (non-hydrogen) atoms. The number of nitrogens with one attached hydrogen (secondary N) is 1. The Morgan fingerprint density at radius 1 is 0.515 bits per heavy atom. The number of hydrogen-bond donors (Lipinski definition) is 2. The van der Waals surface area contributed by atoms with E-state index in [1.807, 2.05) is 27.2 Å². The van der Waals surface area contributed by atoms with Gasteiger partial charge in [0.15, 0.2) is 0 Å². The number of amides is 1. The minimum Gasteiger partial charge on any atom is -0.756 e. The van der Waals surface area contributed by atoms with Gasteiger partial charge in [-0.25, -0.2) is 0 Å². The Labute approximate surface area is 411 Å². The van der Waals surface area contributed by atoms with E-state index in [1.54, 1.807) is 6.08 Å². The maximum absolute atomic E-state index is 12.9. The first kappa shape index (κ1) is 65.0. The van der Waals surface area contributed by atoms with Crippen LogP contribution in [0, 0.1) is 0 Å². The molecule has 0 aliphatic rings. The molecule has 9 heteroatoms. The van der Waals surface area contributed by atoms with Crippen molar-refractivity contribution in [1.29, 1.82) is 0 Å². The largest absolute Gasteiger partial charge is 0.756 e. The van der Waals surface area contributed by atoms with Crippen molar-refractivity contribution in [2.75, 3.05) is 40.9 Å². The van der Waals surface area contributed by atoms with Gasteiger partial charge in [0.2, 0.25) is 5.91 Å². The minimum absolute atomic E-state index is 0.00377. The first-order valence-electron chi connectivity index (χ1n) is 28.7. The van der Waals surface area contributed by atoms with Crippen molar-refractivity contribution in [3.05, 3.63) is 24.3 Å². The van der Waals surface area contributed by atoms with Gasteiger partial charge in [0.25, 0.3) is 7.82 Å². The summed E-state index contributed by atoms with van der Waals surface area (Å²) in [5.41, 5.74) is 0. The molecule has 0 aromatic heterocycles. The van der Waals surface area contributed by atoms with Crippen LogP contribution in [0.5, 0.6) is 0 Å². The van der Waals surface area contributed by atoms with Crippen molar-refractivity contribution >= 4 is 13.7 Å². The normalized spacial score (nSPS) is 14.1. The van der Waals surface area contributed by atoms with Gasteiger partial charge >= 0.3 is 0 Å². The number of nitrogens with zero attached hydrogens (tertiary/aromatic N) is 1. The van der Waals surface area contributed by atoms with E-state index in [-0.39, 0.29) is 19.1 Å². The number of phosphoric ester groups is 1. The van der Waals surface area contributed by atoms with Crippen LogP contribution in [0.4, 0.5) is 0 Å². The monoisotopic (exact) mass is 953 g/mol. The number of likely N-dealkylation sites (N-methyl/N-ethyl adjacent to an activating group) is 1. The summed E-state index contributed by atoms with van der Waals surface area (Å²) in [5.74, 6) is -0.202. The molecule has 0 bridgehead atoms. The van der Waals surface area contributed by atoms with E-state index >= 15 is 0 Å². The summed E-state index contributed by atoms with van der Waals surface area (Å²) in [6.45, 7) is 4.67. The number of hydrogen-bond acceptors (Lipinski definition) is 6. The number of phosphoric acid groups is 1. The Bertz CT molecular complexity index is 1130. The van der Waals surface area contributed by atoms with Crippen molar-refractivity contribution in [2.45, 2.75) is 296 Å². The lowest BCUT2D eigenvalue weighted by molar-refractivity contribution is -0.870. The van der Waals surface area contributed by atoms with Gasteiger partial charge in [0, 0.05) is 6.42 Å². The first-order valence-corrected chi connectivity index (χ1v) is 30.2. The second kappa shape index (κ2) is 49.0. The molecule has 392 valence electrons. The van der Waals surface area contributed by atoms with Gasteiger partial charge in [-0.05, 0) is 32.1 Å². The Kier molecular flexibility index (Phi) is 48.2. The zero-order valence-corrected chi connectivity index (χ0v) is 45.6. The molecule has 0 aromatic rings. The molecule has 0 heterocycles. The molecule has 0 aliphatic carbocycles. The molecule has 2 N–H and O–H groups in total. The second-order valence-electron chi connectivity index (χ2n) is 21.0. The van der Waals surface area contributed by atoms with Gasteiger partial charge in [-0.3, -0.25) is 9.36 Å². The van der Waals surface area contributed by atoms with Gasteiger partial charge in [0.1, 0.15) is 13.2 Å². The third-order valence-corrected chi connectivity index (χ3v) is 14.1. The van der Waals surface area contributed by atoms with Crippen LogP contribution in [-0.4, -0.2) is 68.5 Å². The summed E-state index contributed by atoms with van der Waals surface area (Å²) in [6.07, 6.45) is 61.2. The highest BCUT2D eigenvalue weighted by Crippen LogP contribution is 2.38. The van der Waals surface area contributed by atoms with Crippen molar-refractivity contribution in [3.63, 3.8) is 0 Å². The third kappa shape index (κ3) is 50.8. The van der Waals surface area contributed by atoms with Crippen molar-refractivity contribution in [3.8, 4) is 0 Å². The van der Waals surface area contributed by atoms with Crippen LogP contribution in [-0.2, 0) is 18.4 Å². The Hall–Kier alpha value is -1.02. The molecule has 3 atom stereocenters. The standard InChI is InChI=1S/C57H113N2O6P/c1-6-8-10-12-14-16-18-20-22-24-25-26-27-28-29-30-31-32-33-35-36-38-40-42-44-46-48-50-56(60)55(54-65-66(62,63)64-53-52-59(3,4)5)58-57(61)51-49-47-45-43-41-39-37-34-23-21-19-17-15-13-11-9-7-2/h40,42,48,50,55-56,60H,6-39,41,43-47,49,51-54H2,1-5H3,(H-,58,61,62,63)/b42-40+,50-48+. The predicted octanol–water partition coefficient (Wildman–Crippen LogP) is 16.6. The molecule has 0 saturated carbocycles. The average molecular weight is 954 g/mol. The lowest BCUT2D eigenvalue weighted by atomic mass is 10.0. The topological polar surface area (TPSA) is 108 Å². The number of aliphatic hydroxyl groups excluding tert-OH is 1. The van der Waals surface area contributed by atoms with Crippen molar-refractivity contribution in [2.24, 2.45) is 0 Å². The number of quaternary nitrogens is 1. The fraction of sp³-hybridized carbons (Fsp3) is 0.912. The molecule has 0 spiro atoms. The SMILES string of the molecule is CCCCCCCCCCCCCCCCCCCCCCC/C=C/CC/C=C/C(O)C(COP(=O)([O-])OCC[N+](C)(C)C)NC(=O)CCCCCCCCCCCCCCCCCCC. The van der Waals surface area contributed by atoms with Crippen LogP contribution in [0.3, 0.4) is 0 Å². The van der Waals surface area contributed by atoms with Crippen LogP contribution in [0.2, 0.25) is 0 Å². The predicted molar refractivity (Wildman–Crippen MR) is 284 cm³/mol. The van der Waals surface area contributed by atoms with Crippen LogP contribution < -0.4 is 10.2 Å². The number of allylic oxidation sites excluding steroid dienone is 3. The van der Waals surface area contributed by atoms with E-state index in [9.17, 15) is 19.4 Å². The van der Waals surface area contributed by atoms with Crippen LogP contribution in [0.1, 0.15) is 284 Å². The zero-order chi connectivity index (χ0) is 48.5. The fourth-order valence-electron chi connectivity index (χ4n) is 8.64. The average Bonchev–Trinajstić information content (AvgIpc) is 3.28. The maximum atomic E-state index is 12.9. The number of aliphatic hydroxyl groups is 1. The molecule has 1 amide bonds. The van der Waals surface area contributed by atoms with Crippen molar-refractivity contribution < 1.29 is 32.9 Å². The Morgan fingerprint density at radius 3 is 1.23 bits per heavy atom. The van der Waals surface area contributed by atoms with Crippen LogP contribution in [0.15, 0.2) is 24.3 Å². The second-order valence-corrected chi connectivity index (χ2v) is 22.4. The molecule has 0 rings (SSSR count). The first-order chi connectivity index (χ1) is 32.0. The molecule has 0 fully saturated rings. The smallest absolute Gasteiger partial charge is 0.268 e. The number of unbranched alkanes of at least 4 members (excludes halogenated alkanes) is 38. The Balaban J connectivity index is 4.21. The van der Waals surface area contributed by atoms with Crippen LogP contribution in [0.25, 0.3) is 0 Å². The fourth-order valence-corrected chi connectivity index (χ4v) is 9.37.